The maximum absolute atomic E-state index is 15.2. The van der Waals surface area contributed by atoms with Crippen molar-refractivity contribution < 1.29 is 26.3 Å². The molecular formula is C43H30F6N4. The average Bonchev–Trinajstić information content (AvgIpc) is 3.90. The number of hydrogen-bond acceptors (Lipinski definition) is 4. The van der Waals surface area contributed by atoms with Gasteiger partial charge in [0, 0.05) is 31.4 Å². The lowest BCUT2D eigenvalue weighted by Crippen LogP contribution is -2.54. The van der Waals surface area contributed by atoms with Crippen LogP contribution in [-0.2, 0) is 31.1 Å². The third kappa shape index (κ3) is 5.37. The molecule has 0 unspecified atom stereocenters. The smallest absolute Gasteiger partial charge is 0.257 e. The Bertz CT molecular complexity index is 2470. The van der Waals surface area contributed by atoms with Gasteiger partial charge in [-0.1, -0.05) is 84.4 Å². The summed E-state index contributed by atoms with van der Waals surface area (Å²) in [6.07, 6.45) is -9.37. The molecule has 0 spiro atoms. The minimum atomic E-state index is -5.73. The fourth-order valence-corrected chi connectivity index (χ4v) is 7.97. The molecule has 4 aliphatic rings. The summed E-state index contributed by atoms with van der Waals surface area (Å²) in [5, 5.41) is 0. The summed E-state index contributed by atoms with van der Waals surface area (Å²) < 4.78 is 91.1. The fraction of sp³-hybridized carbons (Fsp3) is 0.209. The zero-order valence-electron chi connectivity index (χ0n) is 28.6. The first-order chi connectivity index (χ1) is 25.3. The Morgan fingerprint density at radius 3 is 1.28 bits per heavy atom. The molecule has 0 radical (unpaired) electrons. The zero-order valence-corrected chi connectivity index (χ0v) is 28.6. The second-order valence-corrected chi connectivity index (χ2v) is 14.2. The first kappa shape index (κ1) is 33.2. The number of nitrogens with zero attached hydrogens (tertiary/aromatic N) is 4. The average molecular weight is 717 g/mol. The second-order valence-electron chi connectivity index (χ2n) is 14.2. The van der Waals surface area contributed by atoms with Gasteiger partial charge in [-0.25, -0.2) is 0 Å². The number of aryl methyl sites for hydroxylation is 1. The molecule has 0 N–H and O–H groups in total. The molecule has 0 fully saturated rings. The number of hydrogen-bond donors (Lipinski definition) is 0. The zero-order chi connectivity index (χ0) is 36.9. The fourth-order valence-electron chi connectivity index (χ4n) is 7.97. The third-order valence-electron chi connectivity index (χ3n) is 10.7. The molecule has 0 aromatic heterocycles. The lowest BCUT2D eigenvalue weighted by atomic mass is 9.72. The van der Waals surface area contributed by atoms with E-state index in [0.717, 1.165) is 81.3 Å². The van der Waals surface area contributed by atoms with Gasteiger partial charge >= 0.3 is 12.4 Å². The largest absolute Gasteiger partial charge is 0.411 e. The predicted octanol–water partition coefficient (Wildman–Crippen LogP) is 11.1. The standard InChI is InChI=1S/C43H30F6N4/c1-23-3-5-25(6-4-23)34-17-28-11-13-32(20-37(28)51-34)41(42(44,45)46,43(47,48)49)33-14-12-29-18-35(52-38(29)21-33)26-7-9-27(10-8-26)36-19-31-16-30-15-24(2)50-39(30)22-40(31)53-36/h3-14,16,20-22H,15,17-19H2,1-2H3. The summed E-state index contributed by atoms with van der Waals surface area (Å²) in [6, 6.07) is 25.6. The molecule has 4 nitrogen and oxygen atoms in total. The molecule has 0 saturated heterocycles. The number of rotatable bonds is 5. The van der Waals surface area contributed by atoms with Crippen LogP contribution in [0.2, 0.25) is 0 Å². The van der Waals surface area contributed by atoms with Crippen molar-refractivity contribution in [1.29, 1.82) is 0 Å². The van der Waals surface area contributed by atoms with Crippen LogP contribution in [-0.4, -0.2) is 35.2 Å². The van der Waals surface area contributed by atoms with Crippen molar-refractivity contribution >= 4 is 45.6 Å². The highest BCUT2D eigenvalue weighted by molar-refractivity contribution is 6.10. The number of aliphatic imine (C=N–C) groups is 4. The van der Waals surface area contributed by atoms with Gasteiger partial charge in [0.15, 0.2) is 0 Å². The summed E-state index contributed by atoms with van der Waals surface area (Å²) in [5.41, 5.74) is 5.90. The van der Waals surface area contributed by atoms with Crippen LogP contribution in [0, 0.1) is 6.92 Å². The van der Waals surface area contributed by atoms with Crippen LogP contribution in [0.4, 0.5) is 49.1 Å². The molecule has 4 aliphatic heterocycles. The minimum Gasteiger partial charge on any atom is -0.257 e. The molecule has 264 valence electrons. The van der Waals surface area contributed by atoms with Crippen LogP contribution < -0.4 is 0 Å². The van der Waals surface area contributed by atoms with Crippen LogP contribution in [0.1, 0.15) is 62.6 Å². The number of benzene rings is 5. The molecule has 9 rings (SSSR count). The Labute approximate surface area is 301 Å². The monoisotopic (exact) mass is 716 g/mol. The van der Waals surface area contributed by atoms with Crippen molar-refractivity contribution in [3.05, 3.63) is 153 Å². The number of fused-ring (bicyclic) bond motifs is 4. The van der Waals surface area contributed by atoms with E-state index in [4.69, 9.17) is 4.99 Å². The predicted molar refractivity (Wildman–Crippen MR) is 196 cm³/mol. The molecule has 4 heterocycles. The minimum absolute atomic E-state index is 0.0850. The van der Waals surface area contributed by atoms with Gasteiger partial charge in [-0.3, -0.25) is 20.0 Å². The lowest BCUT2D eigenvalue weighted by molar-refractivity contribution is -0.288. The molecule has 0 amide bonds. The van der Waals surface area contributed by atoms with E-state index in [0.29, 0.717) is 35.4 Å². The van der Waals surface area contributed by atoms with Gasteiger partial charge in [0.2, 0.25) is 5.41 Å². The molecule has 0 atom stereocenters. The van der Waals surface area contributed by atoms with E-state index in [1.165, 1.54) is 17.7 Å². The van der Waals surface area contributed by atoms with Crippen molar-refractivity contribution in [3.8, 4) is 0 Å². The summed E-state index contributed by atoms with van der Waals surface area (Å²) in [6.45, 7) is 3.93. The Hall–Kier alpha value is -5.64. The van der Waals surface area contributed by atoms with Gasteiger partial charge < -0.3 is 0 Å². The lowest BCUT2D eigenvalue weighted by Gasteiger charge is -2.38. The Morgan fingerprint density at radius 2 is 0.811 bits per heavy atom. The first-order valence-electron chi connectivity index (χ1n) is 17.3. The van der Waals surface area contributed by atoms with Crippen LogP contribution in [0.5, 0.6) is 0 Å². The summed E-state index contributed by atoms with van der Waals surface area (Å²) in [5.74, 6) is 0. The van der Waals surface area contributed by atoms with Gasteiger partial charge in [0.1, 0.15) is 0 Å². The summed E-state index contributed by atoms with van der Waals surface area (Å²) in [7, 11) is 0. The van der Waals surface area contributed by atoms with Crippen molar-refractivity contribution in [2.75, 3.05) is 0 Å². The molecular weight excluding hydrogens is 686 g/mol. The Morgan fingerprint density at radius 1 is 0.415 bits per heavy atom. The van der Waals surface area contributed by atoms with Crippen molar-refractivity contribution in [2.24, 2.45) is 20.0 Å². The maximum atomic E-state index is 15.2. The van der Waals surface area contributed by atoms with E-state index in [-0.39, 0.29) is 17.8 Å². The normalized spacial score (nSPS) is 16.1. The van der Waals surface area contributed by atoms with E-state index in [2.05, 4.69) is 21.0 Å². The summed E-state index contributed by atoms with van der Waals surface area (Å²) >= 11 is 0. The Kier molecular flexibility index (Phi) is 7.32. The van der Waals surface area contributed by atoms with Crippen LogP contribution in [0.15, 0.2) is 117 Å². The van der Waals surface area contributed by atoms with Gasteiger partial charge in [0.25, 0.3) is 0 Å². The highest BCUT2D eigenvalue weighted by Gasteiger charge is 2.72. The second kappa shape index (κ2) is 11.7. The number of halogens is 6. The van der Waals surface area contributed by atoms with E-state index >= 15 is 26.3 Å². The molecule has 0 saturated carbocycles. The van der Waals surface area contributed by atoms with E-state index < -0.39 is 28.9 Å². The van der Waals surface area contributed by atoms with Crippen molar-refractivity contribution in [1.82, 2.24) is 0 Å². The van der Waals surface area contributed by atoms with E-state index in [1.807, 2.05) is 68.4 Å². The molecule has 5 aromatic carbocycles. The molecule has 10 heteroatoms. The van der Waals surface area contributed by atoms with Gasteiger partial charge in [-0.2, -0.15) is 26.3 Å². The molecule has 0 bridgehead atoms. The first-order valence-corrected chi connectivity index (χ1v) is 17.3. The topological polar surface area (TPSA) is 49.4 Å². The Balaban J connectivity index is 1.04. The SMILES string of the molecule is CC1=Nc2cc3c(cc2C1)CC(c1ccc(C2=Nc4cc(C(c5ccc6c(c5)N=C(c5ccc(C)cc5)C6)(C(F)(F)F)C(F)(F)F)ccc4C2)cc1)=N3. The molecule has 5 aromatic rings. The summed E-state index contributed by atoms with van der Waals surface area (Å²) in [4.78, 5) is 18.5. The number of alkyl halides is 6. The highest BCUT2D eigenvalue weighted by Crippen LogP contribution is 2.57. The van der Waals surface area contributed by atoms with Crippen LogP contribution in [0.3, 0.4) is 0 Å². The van der Waals surface area contributed by atoms with Gasteiger partial charge in [0.05, 0.1) is 39.9 Å². The van der Waals surface area contributed by atoms with Crippen molar-refractivity contribution in [3.63, 3.8) is 0 Å². The van der Waals surface area contributed by atoms with E-state index in [1.54, 1.807) is 0 Å². The van der Waals surface area contributed by atoms with E-state index in [9.17, 15) is 0 Å². The quantitative estimate of drug-likeness (QED) is 0.163. The van der Waals surface area contributed by atoms with Crippen molar-refractivity contribution in [2.45, 2.75) is 57.3 Å². The van der Waals surface area contributed by atoms with Gasteiger partial charge in [-0.15, -0.1) is 0 Å². The molecule has 53 heavy (non-hydrogen) atoms. The maximum Gasteiger partial charge on any atom is 0.411 e. The third-order valence-corrected chi connectivity index (χ3v) is 10.7. The van der Waals surface area contributed by atoms with Crippen LogP contribution >= 0.6 is 0 Å². The van der Waals surface area contributed by atoms with Gasteiger partial charge in [-0.05, 0) is 82.1 Å². The highest BCUT2D eigenvalue weighted by atomic mass is 19.4. The molecule has 0 aliphatic carbocycles. The van der Waals surface area contributed by atoms with Crippen LogP contribution in [0.25, 0.3) is 0 Å².